The first-order chi connectivity index (χ1) is 24.9. The summed E-state index contributed by atoms with van der Waals surface area (Å²) in [5.74, 6) is -10.1. The monoisotopic (exact) mass is 758 g/mol. The van der Waals surface area contributed by atoms with Gasteiger partial charge in [-0.25, -0.2) is 4.79 Å². The number of rotatable bonds is 22. The molecule has 2 aliphatic rings. The van der Waals surface area contributed by atoms with Gasteiger partial charge in [-0.2, -0.15) is 0 Å². The van der Waals surface area contributed by atoms with Crippen LogP contribution in [0.3, 0.4) is 0 Å². The van der Waals surface area contributed by atoms with Gasteiger partial charge in [-0.3, -0.25) is 28.8 Å². The summed E-state index contributed by atoms with van der Waals surface area (Å²) in [5, 5.41) is 23.8. The van der Waals surface area contributed by atoms with Crippen molar-refractivity contribution in [2.24, 2.45) is 47.3 Å². The van der Waals surface area contributed by atoms with Crippen LogP contribution >= 0.6 is 0 Å². The first kappa shape index (κ1) is 46.5. The van der Waals surface area contributed by atoms with Crippen molar-refractivity contribution in [1.82, 2.24) is 0 Å². The van der Waals surface area contributed by atoms with E-state index >= 15 is 0 Å². The molecule has 2 aliphatic carbocycles. The molecule has 4 atom stereocenters. The molecule has 0 bridgehead atoms. The van der Waals surface area contributed by atoms with Gasteiger partial charge < -0.3 is 19.7 Å². The molecule has 0 radical (unpaired) electrons. The standard InChI is InChI=1S/C43H66O11/c1-23(2)13-17-29-37(48)35(31(44)21-27(9)10)39(50)42(29,33(46)19-15-25(5)6)53-41(52)54-43(34(47)20-16-26(7)8)30(18-14-24(3)4)38(49)36(40(43)51)32(45)22-28(11)12/h23-30,50-51H,13-22H2,1-12H3. The molecule has 0 saturated carbocycles. The van der Waals surface area contributed by atoms with E-state index in [1.807, 2.05) is 55.4 Å². The van der Waals surface area contributed by atoms with E-state index in [9.17, 15) is 43.8 Å². The molecule has 2 N–H and O–H groups in total. The van der Waals surface area contributed by atoms with Crippen LogP contribution in [0.5, 0.6) is 0 Å². The van der Waals surface area contributed by atoms with Gasteiger partial charge in [-0.1, -0.05) is 95.9 Å². The summed E-state index contributed by atoms with van der Waals surface area (Å²) in [7, 11) is 0. The third kappa shape index (κ3) is 10.4. The van der Waals surface area contributed by atoms with E-state index in [1.54, 1.807) is 27.7 Å². The minimum atomic E-state index is -2.67. The van der Waals surface area contributed by atoms with Gasteiger partial charge in [-0.05, 0) is 61.2 Å². The summed E-state index contributed by atoms with van der Waals surface area (Å²) < 4.78 is 11.8. The van der Waals surface area contributed by atoms with E-state index in [4.69, 9.17) is 9.47 Å². The van der Waals surface area contributed by atoms with Crippen LogP contribution in [0.15, 0.2) is 22.7 Å². The third-order valence-corrected chi connectivity index (χ3v) is 10.3. The van der Waals surface area contributed by atoms with E-state index in [0.29, 0.717) is 25.7 Å². The molecule has 0 spiro atoms. The molecule has 11 nitrogen and oxygen atoms in total. The molecular weight excluding hydrogens is 692 g/mol. The van der Waals surface area contributed by atoms with Crippen molar-refractivity contribution >= 4 is 40.9 Å². The maximum Gasteiger partial charge on any atom is 0.511 e. The van der Waals surface area contributed by atoms with Crippen LogP contribution in [-0.2, 0) is 38.2 Å². The SMILES string of the molecule is CC(C)CCC(=O)C1(OC(=O)OC2(C(=O)CCC(C)C)C(O)=C(C(=O)CC(C)C)C(=O)C2CCC(C)C)C(O)=C(C(=O)CC(C)C)C(=O)C1CCC(C)C. The van der Waals surface area contributed by atoms with Gasteiger partial charge >= 0.3 is 6.16 Å². The van der Waals surface area contributed by atoms with Crippen molar-refractivity contribution in [3.63, 3.8) is 0 Å². The Morgan fingerprint density at radius 1 is 0.519 bits per heavy atom. The highest BCUT2D eigenvalue weighted by molar-refractivity contribution is 6.27. The average Bonchev–Trinajstić information content (AvgIpc) is 3.37. The largest absolute Gasteiger partial charge is 0.511 e. The van der Waals surface area contributed by atoms with Crippen LogP contribution in [0, 0.1) is 47.3 Å². The van der Waals surface area contributed by atoms with Gasteiger partial charge in [0.25, 0.3) is 0 Å². The number of hydrogen-bond acceptors (Lipinski definition) is 11. The van der Waals surface area contributed by atoms with Crippen molar-refractivity contribution in [2.45, 2.75) is 158 Å². The number of Topliss-reactive ketones (excluding diaryl/α,β-unsaturated/α-hetero) is 6. The summed E-state index contributed by atoms with van der Waals surface area (Å²) in [5.41, 5.74) is -6.57. The van der Waals surface area contributed by atoms with E-state index in [2.05, 4.69) is 0 Å². The quantitative estimate of drug-likeness (QED) is 0.0796. The van der Waals surface area contributed by atoms with Crippen molar-refractivity contribution in [3.8, 4) is 0 Å². The maximum atomic E-state index is 14.4. The number of ketones is 6. The third-order valence-electron chi connectivity index (χ3n) is 10.3. The molecule has 0 saturated heterocycles. The van der Waals surface area contributed by atoms with Gasteiger partial charge in [-0.15, -0.1) is 0 Å². The Hall–Kier alpha value is -3.63. The van der Waals surface area contributed by atoms with Gasteiger partial charge in [0, 0.05) is 25.7 Å². The Morgan fingerprint density at radius 2 is 0.815 bits per heavy atom. The van der Waals surface area contributed by atoms with Crippen molar-refractivity contribution in [2.75, 3.05) is 0 Å². The lowest BCUT2D eigenvalue weighted by Crippen LogP contribution is -2.54. The number of ether oxygens (including phenoxy) is 2. The normalized spacial score (nSPS) is 23.3. The fraction of sp³-hybridized carbons (Fsp3) is 0.744. The number of carbonyl (C=O) groups is 7. The predicted octanol–water partition coefficient (Wildman–Crippen LogP) is 8.75. The Kier molecular flexibility index (Phi) is 16.6. The molecular formula is C43H66O11. The molecule has 4 unspecified atom stereocenters. The Balaban J connectivity index is 2.94. The Bertz CT molecular complexity index is 1400. The molecule has 304 valence electrons. The molecule has 0 aromatic carbocycles. The van der Waals surface area contributed by atoms with E-state index < -0.39 is 86.6 Å². The smallest absolute Gasteiger partial charge is 0.507 e. The highest BCUT2D eigenvalue weighted by Crippen LogP contribution is 2.49. The topological polar surface area (TPSA) is 178 Å². The Morgan fingerprint density at radius 3 is 1.07 bits per heavy atom. The lowest BCUT2D eigenvalue weighted by atomic mass is 9.78. The fourth-order valence-electron chi connectivity index (χ4n) is 7.31. The number of aliphatic hydroxyl groups excluding tert-OH is 2. The summed E-state index contributed by atoms with van der Waals surface area (Å²) in [6.07, 6.45) is -1.19. The highest BCUT2D eigenvalue weighted by Gasteiger charge is 2.66. The molecule has 54 heavy (non-hydrogen) atoms. The number of allylic oxidation sites excluding steroid dienone is 2. The van der Waals surface area contributed by atoms with Gasteiger partial charge in [0.1, 0.15) is 11.1 Å². The second-order valence-corrected chi connectivity index (χ2v) is 17.9. The van der Waals surface area contributed by atoms with Crippen LogP contribution in [0.25, 0.3) is 0 Å². The Labute approximate surface area is 322 Å². The lowest BCUT2D eigenvalue weighted by Gasteiger charge is -2.37. The zero-order valence-electron chi connectivity index (χ0n) is 34.8. The van der Waals surface area contributed by atoms with Gasteiger partial charge in [0.2, 0.25) is 11.2 Å². The van der Waals surface area contributed by atoms with E-state index in [-0.39, 0.29) is 74.0 Å². The molecule has 0 fully saturated rings. The van der Waals surface area contributed by atoms with Crippen LogP contribution in [-0.4, -0.2) is 62.3 Å². The molecule has 0 aliphatic heterocycles. The highest BCUT2D eigenvalue weighted by atomic mass is 16.8. The number of aliphatic hydroxyl groups is 2. The van der Waals surface area contributed by atoms with Crippen molar-refractivity contribution in [1.29, 1.82) is 0 Å². The van der Waals surface area contributed by atoms with Crippen molar-refractivity contribution in [3.05, 3.63) is 22.7 Å². The van der Waals surface area contributed by atoms with Gasteiger partial charge in [0.05, 0.1) is 11.8 Å². The molecule has 0 aromatic heterocycles. The maximum absolute atomic E-state index is 14.4. The van der Waals surface area contributed by atoms with Crippen molar-refractivity contribution < 1.29 is 53.2 Å². The summed E-state index contributed by atoms with van der Waals surface area (Å²) >= 11 is 0. The average molecular weight is 759 g/mol. The summed E-state index contributed by atoms with van der Waals surface area (Å²) in [6.45, 7) is 22.1. The molecule has 11 heteroatoms. The first-order valence-electron chi connectivity index (χ1n) is 20.0. The molecule has 0 heterocycles. The second kappa shape index (κ2) is 19.3. The number of carbonyl (C=O) groups excluding carboxylic acids is 7. The van der Waals surface area contributed by atoms with Crippen LogP contribution in [0.2, 0.25) is 0 Å². The minimum Gasteiger partial charge on any atom is -0.507 e. The lowest BCUT2D eigenvalue weighted by molar-refractivity contribution is -0.161. The second-order valence-electron chi connectivity index (χ2n) is 17.9. The summed E-state index contributed by atoms with van der Waals surface area (Å²) in [6, 6.07) is 0. The van der Waals surface area contributed by atoms with E-state index in [1.165, 1.54) is 0 Å². The molecule has 0 aromatic rings. The van der Waals surface area contributed by atoms with Crippen LogP contribution in [0.1, 0.15) is 147 Å². The van der Waals surface area contributed by atoms with Gasteiger partial charge in [0.15, 0.2) is 46.2 Å². The van der Waals surface area contributed by atoms with Crippen LogP contribution < -0.4 is 0 Å². The van der Waals surface area contributed by atoms with E-state index in [0.717, 1.165) is 0 Å². The fourth-order valence-corrected chi connectivity index (χ4v) is 7.31. The minimum absolute atomic E-state index is 0.00529. The predicted molar refractivity (Wildman–Crippen MR) is 205 cm³/mol. The van der Waals surface area contributed by atoms with Crippen LogP contribution in [0.4, 0.5) is 4.79 Å². The zero-order chi connectivity index (χ0) is 41.5. The molecule has 0 amide bonds. The summed E-state index contributed by atoms with van der Waals surface area (Å²) in [4.78, 5) is 98.6. The first-order valence-corrected chi connectivity index (χ1v) is 20.0. The zero-order valence-corrected chi connectivity index (χ0v) is 34.8. The molecule has 2 rings (SSSR count). The number of hydrogen-bond donors (Lipinski definition) is 2.